The molecular weight excluding hydrogens is 312 g/mol. The van der Waals surface area contributed by atoms with Gasteiger partial charge >= 0.3 is 0 Å². The van der Waals surface area contributed by atoms with Crippen LogP contribution in [-0.2, 0) is 0 Å². The number of hydrogen-bond donors (Lipinski definition) is 2. The minimum Gasteiger partial charge on any atom is -0.496 e. The van der Waals surface area contributed by atoms with E-state index in [2.05, 4.69) is 5.32 Å². The van der Waals surface area contributed by atoms with Gasteiger partial charge in [-0.2, -0.15) is 0 Å². The van der Waals surface area contributed by atoms with Gasteiger partial charge in [0.25, 0.3) is 0 Å². The van der Waals surface area contributed by atoms with Crippen LogP contribution in [0.1, 0.15) is 17.3 Å². The molecule has 0 fully saturated rings. The number of anilines is 3. The Labute approximate surface area is 147 Å². The van der Waals surface area contributed by atoms with Crippen molar-refractivity contribution in [1.29, 1.82) is 0 Å². The second kappa shape index (κ2) is 7.09. The highest BCUT2D eigenvalue weighted by molar-refractivity contribution is 5.95. The average Bonchev–Trinajstić information content (AvgIpc) is 2.63. The van der Waals surface area contributed by atoms with E-state index in [0.717, 1.165) is 33.9 Å². The highest BCUT2D eigenvalue weighted by Gasteiger charge is 2.09. The fourth-order valence-electron chi connectivity index (χ4n) is 2.65. The number of Topliss-reactive ketones (excluding diaryl/α,β-unsaturated/α-hetero) is 1. The van der Waals surface area contributed by atoms with Gasteiger partial charge in [-0.15, -0.1) is 0 Å². The summed E-state index contributed by atoms with van der Waals surface area (Å²) < 4.78 is 5.49. The lowest BCUT2D eigenvalue weighted by atomic mass is 10.00. The molecule has 0 aromatic heterocycles. The van der Waals surface area contributed by atoms with E-state index in [-0.39, 0.29) is 5.78 Å². The summed E-state index contributed by atoms with van der Waals surface area (Å²) in [6.07, 6.45) is 0. The maximum absolute atomic E-state index is 11.7. The number of benzene rings is 3. The Bertz CT molecular complexity index is 902. The maximum atomic E-state index is 11.7. The smallest absolute Gasteiger partial charge is 0.159 e. The van der Waals surface area contributed by atoms with E-state index in [9.17, 15) is 4.79 Å². The summed E-state index contributed by atoms with van der Waals surface area (Å²) in [6.45, 7) is 1.56. The van der Waals surface area contributed by atoms with Crippen LogP contribution in [0.25, 0.3) is 11.1 Å². The minimum absolute atomic E-state index is 0.0389. The summed E-state index contributed by atoms with van der Waals surface area (Å²) in [7, 11) is 1.64. The lowest BCUT2D eigenvalue weighted by Crippen LogP contribution is -1.95. The molecule has 0 aliphatic carbocycles. The maximum Gasteiger partial charge on any atom is 0.159 e. The second-order valence-electron chi connectivity index (χ2n) is 5.80. The molecule has 3 aromatic rings. The van der Waals surface area contributed by atoms with Crippen LogP contribution in [-0.4, -0.2) is 12.9 Å². The average molecular weight is 332 g/mol. The highest BCUT2D eigenvalue weighted by atomic mass is 16.5. The van der Waals surface area contributed by atoms with E-state index in [0.29, 0.717) is 5.56 Å². The molecule has 126 valence electrons. The number of methoxy groups -OCH3 is 1. The molecule has 0 bridgehead atoms. The normalized spacial score (nSPS) is 10.3. The van der Waals surface area contributed by atoms with Gasteiger partial charge in [-0.3, -0.25) is 4.79 Å². The number of nitrogens with two attached hydrogens (primary N) is 1. The fraction of sp³-hybridized carbons (Fsp3) is 0.0952. The van der Waals surface area contributed by atoms with Crippen LogP contribution < -0.4 is 15.8 Å². The third-order valence-corrected chi connectivity index (χ3v) is 3.98. The van der Waals surface area contributed by atoms with Gasteiger partial charge in [-0.1, -0.05) is 18.2 Å². The van der Waals surface area contributed by atoms with Crippen LogP contribution in [0.15, 0.2) is 66.7 Å². The number of ether oxygens (including phenoxy) is 1. The standard InChI is InChI=1S/C21H20N2O2/c1-14(24)15-4-3-5-16(12-15)20-13-19(10-11-21(20)25-2)23-18-8-6-17(22)7-9-18/h3-13,23H,22H2,1-2H3. The number of nitrogen functional groups attached to an aromatic ring is 1. The molecule has 0 aliphatic rings. The number of rotatable bonds is 5. The monoisotopic (exact) mass is 332 g/mol. The summed E-state index contributed by atoms with van der Waals surface area (Å²) in [6, 6.07) is 21.0. The van der Waals surface area contributed by atoms with Crippen molar-refractivity contribution in [3.05, 3.63) is 72.3 Å². The number of ketones is 1. The molecule has 0 heterocycles. The Morgan fingerprint density at radius 2 is 1.68 bits per heavy atom. The molecule has 0 spiro atoms. The van der Waals surface area contributed by atoms with Crippen molar-refractivity contribution in [2.75, 3.05) is 18.2 Å². The van der Waals surface area contributed by atoms with Crippen molar-refractivity contribution in [1.82, 2.24) is 0 Å². The van der Waals surface area contributed by atoms with Crippen LogP contribution in [0, 0.1) is 0 Å². The largest absolute Gasteiger partial charge is 0.496 e. The molecule has 0 atom stereocenters. The topological polar surface area (TPSA) is 64.3 Å². The van der Waals surface area contributed by atoms with E-state index in [1.165, 1.54) is 0 Å². The van der Waals surface area contributed by atoms with Gasteiger partial charge < -0.3 is 15.8 Å². The zero-order chi connectivity index (χ0) is 17.8. The van der Waals surface area contributed by atoms with Crippen molar-refractivity contribution in [3.63, 3.8) is 0 Å². The van der Waals surface area contributed by atoms with Gasteiger partial charge in [-0.25, -0.2) is 0 Å². The first kappa shape index (κ1) is 16.6. The van der Waals surface area contributed by atoms with Gasteiger partial charge in [0, 0.05) is 28.2 Å². The fourth-order valence-corrected chi connectivity index (χ4v) is 2.65. The lowest BCUT2D eigenvalue weighted by Gasteiger charge is -2.13. The number of carbonyl (C=O) groups excluding carboxylic acids is 1. The molecule has 0 aliphatic heterocycles. The van der Waals surface area contributed by atoms with Gasteiger partial charge in [0.15, 0.2) is 5.78 Å². The number of hydrogen-bond acceptors (Lipinski definition) is 4. The summed E-state index contributed by atoms with van der Waals surface area (Å²) in [5.41, 5.74) is 10.9. The van der Waals surface area contributed by atoms with Crippen LogP contribution in [0.5, 0.6) is 5.75 Å². The van der Waals surface area contributed by atoms with Crippen LogP contribution in [0.4, 0.5) is 17.1 Å². The molecular formula is C21H20N2O2. The molecule has 4 nitrogen and oxygen atoms in total. The molecule has 25 heavy (non-hydrogen) atoms. The summed E-state index contributed by atoms with van der Waals surface area (Å²) in [5.74, 6) is 0.792. The van der Waals surface area contributed by atoms with E-state index < -0.39 is 0 Å². The van der Waals surface area contributed by atoms with Crippen LogP contribution in [0.3, 0.4) is 0 Å². The van der Waals surface area contributed by atoms with Crippen molar-refractivity contribution >= 4 is 22.8 Å². The lowest BCUT2D eigenvalue weighted by molar-refractivity contribution is 0.101. The van der Waals surface area contributed by atoms with E-state index >= 15 is 0 Å². The molecule has 3 N–H and O–H groups in total. The molecule has 0 saturated carbocycles. The second-order valence-corrected chi connectivity index (χ2v) is 5.80. The summed E-state index contributed by atoms with van der Waals surface area (Å²) in [5, 5.41) is 3.35. The van der Waals surface area contributed by atoms with Crippen molar-refractivity contribution < 1.29 is 9.53 Å². The Morgan fingerprint density at radius 1 is 0.960 bits per heavy atom. The Morgan fingerprint density at radius 3 is 2.36 bits per heavy atom. The van der Waals surface area contributed by atoms with Crippen molar-refractivity contribution in [2.45, 2.75) is 6.92 Å². The molecule has 0 radical (unpaired) electrons. The highest BCUT2D eigenvalue weighted by Crippen LogP contribution is 2.34. The molecule has 0 amide bonds. The molecule has 0 unspecified atom stereocenters. The number of carbonyl (C=O) groups is 1. The SMILES string of the molecule is COc1ccc(Nc2ccc(N)cc2)cc1-c1cccc(C(C)=O)c1. The van der Waals surface area contributed by atoms with E-state index in [1.807, 2.05) is 66.7 Å². The zero-order valence-corrected chi connectivity index (χ0v) is 14.2. The van der Waals surface area contributed by atoms with E-state index in [4.69, 9.17) is 10.5 Å². The molecule has 3 rings (SSSR count). The molecule has 3 aromatic carbocycles. The van der Waals surface area contributed by atoms with Crippen molar-refractivity contribution in [3.8, 4) is 16.9 Å². The Kier molecular flexibility index (Phi) is 4.70. The van der Waals surface area contributed by atoms with Gasteiger partial charge in [0.2, 0.25) is 0 Å². The minimum atomic E-state index is 0.0389. The summed E-state index contributed by atoms with van der Waals surface area (Å²) >= 11 is 0. The van der Waals surface area contributed by atoms with Crippen molar-refractivity contribution in [2.24, 2.45) is 0 Å². The molecule has 4 heteroatoms. The van der Waals surface area contributed by atoms with E-state index in [1.54, 1.807) is 14.0 Å². The number of nitrogens with one attached hydrogen (secondary N) is 1. The first-order chi connectivity index (χ1) is 12.1. The Balaban J connectivity index is 1.99. The first-order valence-electron chi connectivity index (χ1n) is 7.99. The predicted octanol–water partition coefficient (Wildman–Crippen LogP) is 4.89. The quantitative estimate of drug-likeness (QED) is 0.516. The Hall–Kier alpha value is -3.27. The van der Waals surface area contributed by atoms with Gasteiger partial charge in [0.1, 0.15) is 5.75 Å². The van der Waals surface area contributed by atoms with Crippen LogP contribution in [0.2, 0.25) is 0 Å². The first-order valence-corrected chi connectivity index (χ1v) is 7.99. The molecule has 0 saturated heterocycles. The summed E-state index contributed by atoms with van der Waals surface area (Å²) in [4.78, 5) is 11.7. The third-order valence-electron chi connectivity index (χ3n) is 3.98. The van der Waals surface area contributed by atoms with Gasteiger partial charge in [-0.05, 0) is 61.0 Å². The third kappa shape index (κ3) is 3.80. The van der Waals surface area contributed by atoms with Gasteiger partial charge in [0.05, 0.1) is 7.11 Å². The predicted molar refractivity (Wildman–Crippen MR) is 103 cm³/mol. The van der Waals surface area contributed by atoms with Crippen LogP contribution >= 0.6 is 0 Å². The zero-order valence-electron chi connectivity index (χ0n) is 14.2.